The molecule has 0 aliphatic carbocycles. The van der Waals surface area contributed by atoms with E-state index in [0.29, 0.717) is 38.9 Å². The van der Waals surface area contributed by atoms with Gasteiger partial charge in [0.2, 0.25) is 5.71 Å². The summed E-state index contributed by atoms with van der Waals surface area (Å²) in [6.07, 6.45) is 0.291. The number of benzene rings is 2. The molecule has 4 rings (SSSR count). The van der Waals surface area contributed by atoms with Gasteiger partial charge in [-0.3, -0.25) is 4.79 Å². The van der Waals surface area contributed by atoms with Gasteiger partial charge in [-0.05, 0) is 35.9 Å². The Morgan fingerprint density at radius 1 is 1.10 bits per heavy atom. The molecule has 4 nitrogen and oxygen atoms in total. The fourth-order valence-corrected chi connectivity index (χ4v) is 4.03. The number of pyridine rings is 1. The Bertz CT molecular complexity index is 1250. The van der Waals surface area contributed by atoms with Crippen molar-refractivity contribution in [2.75, 3.05) is 5.73 Å². The van der Waals surface area contributed by atoms with E-state index >= 15 is 0 Å². The number of nitrogens with zero attached hydrogens (tertiary/aromatic N) is 1. The minimum absolute atomic E-state index is 0.135. The first kappa shape index (κ1) is 20.0. The number of nitrogens with two attached hydrogens (primary N) is 1. The minimum atomic E-state index is -0.170. The maximum atomic E-state index is 12.2. The monoisotopic (exact) mass is 488 g/mol. The normalized spacial score (nSPS) is 11.2. The Labute approximate surface area is 185 Å². The Hall–Kier alpha value is -2.34. The second-order valence-electron chi connectivity index (χ2n) is 6.49. The van der Waals surface area contributed by atoms with Crippen LogP contribution >= 0.6 is 39.1 Å². The molecule has 2 heterocycles. The number of carbonyl (C=O) groups is 1. The number of Topliss-reactive ketones (excluding diaryl/α,β-unsaturated/α-hetero) is 1. The third-order valence-electron chi connectivity index (χ3n) is 4.64. The van der Waals surface area contributed by atoms with Crippen LogP contribution in [0, 0.1) is 0 Å². The average molecular weight is 490 g/mol. The van der Waals surface area contributed by atoms with Gasteiger partial charge < -0.3 is 10.2 Å². The lowest BCUT2D eigenvalue weighted by molar-refractivity contribution is 0.0964. The summed E-state index contributed by atoms with van der Waals surface area (Å²) in [5, 5.41) is 1.75. The average Bonchev–Trinajstić information content (AvgIpc) is 3.03. The van der Waals surface area contributed by atoms with E-state index in [-0.39, 0.29) is 11.5 Å². The highest BCUT2D eigenvalue weighted by Crippen LogP contribution is 2.40. The van der Waals surface area contributed by atoms with Crippen molar-refractivity contribution in [3.05, 3.63) is 68.8 Å². The lowest BCUT2D eigenvalue weighted by atomic mass is 9.98. The fourth-order valence-electron chi connectivity index (χ4n) is 3.15. The van der Waals surface area contributed by atoms with Crippen molar-refractivity contribution in [1.82, 2.24) is 4.98 Å². The zero-order chi connectivity index (χ0) is 20.7. The first-order valence-corrected chi connectivity index (χ1v) is 10.4. The van der Waals surface area contributed by atoms with E-state index in [1.165, 1.54) is 0 Å². The molecule has 146 valence electrons. The largest absolute Gasteiger partial charge is 0.432 e. The first-order valence-electron chi connectivity index (χ1n) is 8.86. The molecule has 2 N–H and O–H groups in total. The summed E-state index contributed by atoms with van der Waals surface area (Å²) in [6.45, 7) is 1.76. The number of halogens is 3. The van der Waals surface area contributed by atoms with Crippen LogP contribution in [0.3, 0.4) is 0 Å². The second-order valence-corrected chi connectivity index (χ2v) is 8.25. The number of carbonyl (C=O) groups excluding carboxylic acids is 1. The fraction of sp³-hybridized carbons (Fsp3) is 0.0909. The molecule has 0 fully saturated rings. The van der Waals surface area contributed by atoms with Crippen molar-refractivity contribution in [1.29, 1.82) is 0 Å². The van der Waals surface area contributed by atoms with E-state index in [9.17, 15) is 4.79 Å². The van der Waals surface area contributed by atoms with Crippen LogP contribution in [-0.4, -0.2) is 10.8 Å². The van der Waals surface area contributed by atoms with E-state index in [2.05, 4.69) is 15.9 Å². The number of fused-ring (bicyclic) bond motifs is 1. The number of hydrogen-bond donors (Lipinski definition) is 1. The predicted molar refractivity (Wildman–Crippen MR) is 122 cm³/mol. The number of furan rings is 1. The zero-order valence-corrected chi connectivity index (χ0v) is 18.4. The number of nitrogen functional groups attached to an aromatic ring is 1. The molecule has 0 atom stereocenters. The summed E-state index contributed by atoms with van der Waals surface area (Å²) < 4.78 is 6.59. The Morgan fingerprint density at radius 3 is 2.48 bits per heavy atom. The van der Waals surface area contributed by atoms with Gasteiger partial charge in [-0.15, -0.1) is 0 Å². The molecule has 7 heteroatoms. The molecule has 4 aromatic rings. The Morgan fingerprint density at radius 2 is 1.83 bits per heavy atom. The molecule has 2 aromatic heterocycles. The van der Waals surface area contributed by atoms with Gasteiger partial charge in [0.05, 0.1) is 21.8 Å². The molecule has 0 amide bonds. The van der Waals surface area contributed by atoms with Crippen LogP contribution < -0.4 is 5.73 Å². The first-order chi connectivity index (χ1) is 13.9. The molecule has 0 saturated heterocycles. The lowest BCUT2D eigenvalue weighted by Crippen LogP contribution is -1.98. The lowest BCUT2D eigenvalue weighted by Gasteiger charge is -2.11. The van der Waals surface area contributed by atoms with Gasteiger partial charge in [0.15, 0.2) is 11.5 Å². The van der Waals surface area contributed by atoms with Crippen molar-refractivity contribution >= 4 is 61.7 Å². The van der Waals surface area contributed by atoms with Crippen LogP contribution in [0.4, 0.5) is 5.69 Å². The standard InChI is InChI=1S/C22H15BrCl2N2O2/c1-2-18(28)21-19(26)16-10-15(11-3-6-13(24)7-4-11)20(27-22(16)29-21)14-8-5-12(23)9-17(14)25/h3-10H,2,26H2,1H3. The third-order valence-corrected chi connectivity index (χ3v) is 5.69. The molecule has 2 aromatic carbocycles. The van der Waals surface area contributed by atoms with Gasteiger partial charge in [-0.25, -0.2) is 4.98 Å². The summed E-state index contributed by atoms with van der Waals surface area (Å²) in [5.41, 5.74) is 9.87. The van der Waals surface area contributed by atoms with Gasteiger partial charge in [-0.1, -0.05) is 64.3 Å². The van der Waals surface area contributed by atoms with Crippen LogP contribution in [0.15, 0.2) is 57.4 Å². The van der Waals surface area contributed by atoms with Crippen molar-refractivity contribution in [2.45, 2.75) is 13.3 Å². The molecule has 29 heavy (non-hydrogen) atoms. The second kappa shape index (κ2) is 7.82. The number of rotatable bonds is 4. The van der Waals surface area contributed by atoms with Crippen LogP contribution in [-0.2, 0) is 0 Å². The molecule has 0 saturated carbocycles. The van der Waals surface area contributed by atoms with Crippen molar-refractivity contribution in [2.24, 2.45) is 0 Å². The van der Waals surface area contributed by atoms with Gasteiger partial charge in [0.25, 0.3) is 0 Å². The molecule has 0 spiro atoms. The maximum absolute atomic E-state index is 12.2. The quantitative estimate of drug-likeness (QED) is 0.303. The van der Waals surface area contributed by atoms with Gasteiger partial charge in [0, 0.05) is 27.0 Å². The maximum Gasteiger partial charge on any atom is 0.229 e. The number of aromatic nitrogens is 1. The smallest absolute Gasteiger partial charge is 0.229 e. The van der Waals surface area contributed by atoms with Crippen molar-refractivity contribution in [3.63, 3.8) is 0 Å². The third kappa shape index (κ3) is 3.66. The van der Waals surface area contributed by atoms with E-state index in [0.717, 1.165) is 21.2 Å². The molecule has 0 radical (unpaired) electrons. The topological polar surface area (TPSA) is 69.1 Å². The Kier molecular flexibility index (Phi) is 5.38. The molecule has 0 aliphatic rings. The summed E-state index contributed by atoms with van der Waals surface area (Å²) in [7, 11) is 0. The highest BCUT2D eigenvalue weighted by atomic mass is 79.9. The number of hydrogen-bond acceptors (Lipinski definition) is 4. The number of anilines is 1. The summed E-state index contributed by atoms with van der Waals surface area (Å²) >= 11 is 16.0. The summed E-state index contributed by atoms with van der Waals surface area (Å²) in [4.78, 5) is 16.9. The van der Waals surface area contributed by atoms with E-state index in [1.807, 2.05) is 30.3 Å². The summed E-state index contributed by atoms with van der Waals surface area (Å²) in [5.74, 6) is -0.0344. The minimum Gasteiger partial charge on any atom is -0.432 e. The predicted octanol–water partition coefficient (Wildman–Crippen LogP) is 7.41. The van der Waals surface area contributed by atoms with Crippen LogP contribution in [0.1, 0.15) is 23.9 Å². The molecule has 0 aliphatic heterocycles. The molecule has 0 unspecified atom stereocenters. The van der Waals surface area contributed by atoms with Gasteiger partial charge in [0.1, 0.15) is 0 Å². The Balaban J connectivity index is 2.04. The highest BCUT2D eigenvalue weighted by Gasteiger charge is 2.22. The van der Waals surface area contributed by atoms with Crippen LogP contribution in [0.25, 0.3) is 33.5 Å². The van der Waals surface area contributed by atoms with Gasteiger partial charge >= 0.3 is 0 Å². The van der Waals surface area contributed by atoms with E-state index in [1.54, 1.807) is 25.1 Å². The van der Waals surface area contributed by atoms with Crippen LogP contribution in [0.2, 0.25) is 10.0 Å². The number of ketones is 1. The molecular weight excluding hydrogens is 475 g/mol. The molecule has 0 bridgehead atoms. The van der Waals surface area contributed by atoms with Crippen molar-refractivity contribution < 1.29 is 9.21 Å². The van der Waals surface area contributed by atoms with Crippen LogP contribution in [0.5, 0.6) is 0 Å². The van der Waals surface area contributed by atoms with E-state index in [4.69, 9.17) is 38.3 Å². The summed E-state index contributed by atoms with van der Waals surface area (Å²) in [6, 6.07) is 14.9. The molecular formula is C22H15BrCl2N2O2. The highest BCUT2D eigenvalue weighted by molar-refractivity contribution is 9.10. The SMILES string of the molecule is CCC(=O)c1oc2nc(-c3ccc(Br)cc3Cl)c(-c3ccc(Cl)cc3)cc2c1N. The van der Waals surface area contributed by atoms with Crippen molar-refractivity contribution in [3.8, 4) is 22.4 Å². The zero-order valence-electron chi connectivity index (χ0n) is 15.3. The van der Waals surface area contributed by atoms with Gasteiger partial charge in [-0.2, -0.15) is 0 Å². The van der Waals surface area contributed by atoms with E-state index < -0.39 is 0 Å².